The Bertz CT molecular complexity index is 627. The Morgan fingerprint density at radius 1 is 1.41 bits per heavy atom. The number of morpholine rings is 1. The Balaban J connectivity index is 1.64. The zero-order valence-corrected chi connectivity index (χ0v) is 14.1. The smallest absolute Gasteiger partial charge is 0.150 e. The van der Waals surface area contributed by atoms with Crippen molar-refractivity contribution in [3.8, 4) is 0 Å². The Morgan fingerprint density at radius 3 is 2.95 bits per heavy atom. The number of nitrogens with zero attached hydrogens (tertiary/aromatic N) is 3. The third-order valence-corrected chi connectivity index (χ3v) is 5.73. The molecule has 0 bridgehead atoms. The molecule has 2 aromatic heterocycles. The van der Waals surface area contributed by atoms with Crippen LogP contribution < -0.4 is 4.90 Å². The maximum Gasteiger partial charge on any atom is 0.150 e. The average Bonchev–Trinajstić information content (AvgIpc) is 2.94. The molecule has 0 saturated carbocycles. The summed E-state index contributed by atoms with van der Waals surface area (Å²) in [7, 11) is 0. The highest BCUT2D eigenvalue weighted by Gasteiger charge is 2.12. The van der Waals surface area contributed by atoms with E-state index in [0.717, 1.165) is 52.7 Å². The maximum atomic E-state index is 9.20. The molecular formula is C15H19N3O2S2. The number of anilines is 1. The van der Waals surface area contributed by atoms with Crippen molar-refractivity contribution in [1.82, 2.24) is 9.97 Å². The Morgan fingerprint density at radius 2 is 2.23 bits per heavy atom. The number of ether oxygens (including phenoxy) is 1. The number of aliphatic hydroxyl groups is 1. The van der Waals surface area contributed by atoms with Gasteiger partial charge in [-0.2, -0.15) is 0 Å². The second-order valence-electron chi connectivity index (χ2n) is 5.03. The van der Waals surface area contributed by atoms with Gasteiger partial charge in [-0.05, 0) is 19.1 Å². The van der Waals surface area contributed by atoms with Crippen molar-refractivity contribution >= 4 is 28.8 Å². The molecule has 1 fully saturated rings. The van der Waals surface area contributed by atoms with Crippen molar-refractivity contribution in [3.63, 3.8) is 0 Å². The SMILES string of the molecule is Cc1sc(SCc2cc(N3CCOCC3)ccn2)nc1CO. The van der Waals surface area contributed by atoms with Crippen LogP contribution in [0.25, 0.3) is 0 Å². The molecular weight excluding hydrogens is 318 g/mol. The van der Waals surface area contributed by atoms with Crippen LogP contribution in [0.3, 0.4) is 0 Å². The molecule has 1 N–H and O–H groups in total. The van der Waals surface area contributed by atoms with Crippen LogP contribution in [-0.4, -0.2) is 41.4 Å². The fraction of sp³-hybridized carbons (Fsp3) is 0.467. The first-order valence-electron chi connectivity index (χ1n) is 7.24. The molecule has 0 atom stereocenters. The van der Waals surface area contributed by atoms with Crippen molar-refractivity contribution in [2.75, 3.05) is 31.2 Å². The predicted molar refractivity (Wildman–Crippen MR) is 89.6 cm³/mol. The third kappa shape index (κ3) is 3.78. The first kappa shape index (κ1) is 15.7. The van der Waals surface area contributed by atoms with Crippen LogP contribution in [0, 0.1) is 6.92 Å². The van der Waals surface area contributed by atoms with E-state index in [1.54, 1.807) is 23.1 Å². The van der Waals surface area contributed by atoms with E-state index < -0.39 is 0 Å². The molecule has 7 heteroatoms. The minimum atomic E-state index is 0.00760. The summed E-state index contributed by atoms with van der Waals surface area (Å²) >= 11 is 3.30. The van der Waals surface area contributed by atoms with E-state index in [1.165, 1.54) is 5.69 Å². The minimum Gasteiger partial charge on any atom is -0.390 e. The molecule has 3 rings (SSSR count). The maximum absolute atomic E-state index is 9.20. The van der Waals surface area contributed by atoms with Gasteiger partial charge in [-0.3, -0.25) is 4.98 Å². The van der Waals surface area contributed by atoms with Crippen LogP contribution in [0.1, 0.15) is 16.3 Å². The van der Waals surface area contributed by atoms with E-state index in [4.69, 9.17) is 4.74 Å². The normalized spacial score (nSPS) is 15.3. The van der Waals surface area contributed by atoms with Gasteiger partial charge in [0.1, 0.15) is 0 Å². The van der Waals surface area contributed by atoms with Crippen LogP contribution in [0.4, 0.5) is 5.69 Å². The molecule has 0 spiro atoms. The van der Waals surface area contributed by atoms with Gasteiger partial charge in [-0.25, -0.2) is 4.98 Å². The van der Waals surface area contributed by atoms with E-state index in [-0.39, 0.29) is 6.61 Å². The molecule has 1 aliphatic rings. The molecule has 118 valence electrons. The highest BCUT2D eigenvalue weighted by Crippen LogP contribution is 2.29. The summed E-state index contributed by atoms with van der Waals surface area (Å²) in [6.07, 6.45) is 1.87. The largest absolute Gasteiger partial charge is 0.390 e. The van der Waals surface area contributed by atoms with Crippen molar-refractivity contribution in [2.45, 2.75) is 23.6 Å². The van der Waals surface area contributed by atoms with E-state index in [9.17, 15) is 5.11 Å². The predicted octanol–water partition coefficient (Wildman–Crippen LogP) is 2.47. The molecule has 3 heterocycles. The first-order chi connectivity index (χ1) is 10.8. The van der Waals surface area contributed by atoms with Gasteiger partial charge in [-0.1, -0.05) is 11.8 Å². The minimum absolute atomic E-state index is 0.00760. The van der Waals surface area contributed by atoms with Gasteiger partial charge in [0.2, 0.25) is 0 Å². The zero-order valence-electron chi connectivity index (χ0n) is 12.5. The number of aromatic nitrogens is 2. The van der Waals surface area contributed by atoms with Crippen LogP contribution in [0.5, 0.6) is 0 Å². The lowest BCUT2D eigenvalue weighted by atomic mass is 10.3. The standard InChI is InChI=1S/C15H19N3O2S2/c1-11-14(9-19)17-15(22-11)21-10-12-8-13(2-3-16-12)18-4-6-20-7-5-18/h2-3,8,19H,4-7,9-10H2,1H3. The highest BCUT2D eigenvalue weighted by molar-refractivity contribution is 8.00. The van der Waals surface area contributed by atoms with Gasteiger partial charge in [0.15, 0.2) is 4.34 Å². The monoisotopic (exact) mass is 337 g/mol. The zero-order chi connectivity index (χ0) is 15.4. The number of aryl methyl sites for hydroxylation is 1. The topological polar surface area (TPSA) is 58.5 Å². The van der Waals surface area contributed by atoms with Gasteiger partial charge >= 0.3 is 0 Å². The summed E-state index contributed by atoms with van der Waals surface area (Å²) in [5, 5.41) is 9.20. The molecule has 0 amide bonds. The Labute approximate surface area is 138 Å². The molecule has 1 aliphatic heterocycles. The van der Waals surface area contributed by atoms with Crippen molar-refractivity contribution in [3.05, 3.63) is 34.6 Å². The number of rotatable bonds is 5. The molecule has 1 saturated heterocycles. The number of thiazole rings is 1. The molecule has 0 radical (unpaired) electrons. The lowest BCUT2D eigenvalue weighted by Gasteiger charge is -2.28. The summed E-state index contributed by atoms with van der Waals surface area (Å²) in [5.41, 5.74) is 3.04. The molecule has 2 aromatic rings. The Hall–Kier alpha value is -1.15. The van der Waals surface area contributed by atoms with E-state index in [1.807, 2.05) is 13.1 Å². The summed E-state index contributed by atoms with van der Waals surface area (Å²) in [6, 6.07) is 4.20. The van der Waals surface area contributed by atoms with Crippen LogP contribution in [0.15, 0.2) is 22.7 Å². The molecule has 22 heavy (non-hydrogen) atoms. The molecule has 0 aromatic carbocycles. The quantitative estimate of drug-likeness (QED) is 0.846. The molecule has 5 nitrogen and oxygen atoms in total. The summed E-state index contributed by atoms with van der Waals surface area (Å²) in [6.45, 7) is 5.44. The van der Waals surface area contributed by atoms with E-state index in [2.05, 4.69) is 27.0 Å². The van der Waals surface area contributed by atoms with Gasteiger partial charge in [-0.15, -0.1) is 11.3 Å². The average molecular weight is 337 g/mol. The summed E-state index contributed by atoms with van der Waals surface area (Å²) < 4.78 is 6.38. The number of hydrogen-bond acceptors (Lipinski definition) is 7. The fourth-order valence-electron chi connectivity index (χ4n) is 2.31. The highest BCUT2D eigenvalue weighted by atomic mass is 32.2. The lowest BCUT2D eigenvalue weighted by molar-refractivity contribution is 0.122. The third-order valence-electron chi connectivity index (χ3n) is 3.54. The number of aliphatic hydroxyl groups excluding tert-OH is 1. The van der Waals surface area contributed by atoms with Crippen LogP contribution >= 0.6 is 23.1 Å². The molecule has 0 aliphatic carbocycles. The lowest BCUT2D eigenvalue weighted by Crippen LogP contribution is -2.36. The van der Waals surface area contributed by atoms with Crippen molar-refractivity contribution in [2.24, 2.45) is 0 Å². The van der Waals surface area contributed by atoms with E-state index >= 15 is 0 Å². The second-order valence-corrected chi connectivity index (χ2v) is 7.46. The number of hydrogen-bond donors (Lipinski definition) is 1. The van der Waals surface area contributed by atoms with Gasteiger partial charge in [0, 0.05) is 35.6 Å². The van der Waals surface area contributed by atoms with E-state index in [0.29, 0.717) is 0 Å². The fourth-order valence-corrected chi connectivity index (χ4v) is 4.35. The second kappa shape index (κ2) is 7.41. The first-order valence-corrected chi connectivity index (χ1v) is 9.04. The van der Waals surface area contributed by atoms with Crippen LogP contribution in [0.2, 0.25) is 0 Å². The van der Waals surface area contributed by atoms with Gasteiger partial charge in [0.25, 0.3) is 0 Å². The molecule has 0 unspecified atom stereocenters. The van der Waals surface area contributed by atoms with Gasteiger partial charge in [0.05, 0.1) is 31.2 Å². The summed E-state index contributed by atoms with van der Waals surface area (Å²) in [5.74, 6) is 0.788. The number of pyridine rings is 1. The van der Waals surface area contributed by atoms with Crippen molar-refractivity contribution in [1.29, 1.82) is 0 Å². The van der Waals surface area contributed by atoms with Crippen molar-refractivity contribution < 1.29 is 9.84 Å². The summed E-state index contributed by atoms with van der Waals surface area (Å²) in [4.78, 5) is 12.3. The Kier molecular flexibility index (Phi) is 5.30. The van der Waals surface area contributed by atoms with Gasteiger partial charge < -0.3 is 14.7 Å². The van der Waals surface area contributed by atoms with Crippen LogP contribution in [-0.2, 0) is 17.1 Å². The number of thioether (sulfide) groups is 1.